The number of carbonyl (C=O) groups excluding carboxylic acids is 2. The quantitative estimate of drug-likeness (QED) is 0.907. The fourth-order valence-corrected chi connectivity index (χ4v) is 3.21. The van der Waals surface area contributed by atoms with Crippen LogP contribution in [0.15, 0.2) is 34.9 Å². The lowest BCUT2D eigenvalue weighted by Crippen LogP contribution is -2.64. The van der Waals surface area contributed by atoms with Crippen LogP contribution < -0.4 is 0 Å². The van der Waals surface area contributed by atoms with Crippen LogP contribution in [0, 0.1) is 0 Å². The third kappa shape index (κ3) is 2.60. The molecule has 2 aromatic heterocycles. The van der Waals surface area contributed by atoms with Gasteiger partial charge in [0.1, 0.15) is 11.5 Å². The Morgan fingerprint density at radius 2 is 2.08 bits per heavy atom. The van der Waals surface area contributed by atoms with Gasteiger partial charge in [-0.05, 0) is 24.3 Å². The minimum absolute atomic E-state index is 0.00971. The highest BCUT2D eigenvalue weighted by Gasteiger charge is 2.38. The van der Waals surface area contributed by atoms with Gasteiger partial charge >= 0.3 is 0 Å². The van der Waals surface area contributed by atoms with E-state index in [1.54, 1.807) is 17.2 Å². The predicted molar refractivity (Wildman–Crippen MR) is 87.4 cm³/mol. The monoisotopic (exact) mass is 328 g/mol. The second kappa shape index (κ2) is 5.83. The van der Waals surface area contributed by atoms with Crippen molar-refractivity contribution in [3.63, 3.8) is 0 Å². The second-order valence-electron chi connectivity index (χ2n) is 6.41. The summed E-state index contributed by atoms with van der Waals surface area (Å²) in [6.07, 6.45) is 1.61. The highest BCUT2D eigenvalue weighted by molar-refractivity contribution is 5.94. The van der Waals surface area contributed by atoms with Crippen molar-refractivity contribution in [2.24, 2.45) is 0 Å². The maximum atomic E-state index is 12.5. The zero-order chi connectivity index (χ0) is 16.7. The number of aromatic nitrogens is 1. The molecule has 0 unspecified atom stereocenters. The minimum Gasteiger partial charge on any atom is -0.463 e. The molecule has 2 aromatic rings. The summed E-state index contributed by atoms with van der Waals surface area (Å²) < 4.78 is 5.33. The van der Waals surface area contributed by atoms with Crippen molar-refractivity contribution in [2.45, 2.75) is 6.04 Å². The van der Waals surface area contributed by atoms with E-state index in [4.69, 9.17) is 4.42 Å². The van der Waals surface area contributed by atoms with Gasteiger partial charge in [0.2, 0.25) is 5.91 Å². The molecule has 2 amide bonds. The van der Waals surface area contributed by atoms with E-state index in [0.717, 1.165) is 18.8 Å². The number of amides is 2. The van der Waals surface area contributed by atoms with Crippen molar-refractivity contribution < 1.29 is 14.0 Å². The van der Waals surface area contributed by atoms with Crippen LogP contribution in [0.4, 0.5) is 0 Å². The number of aromatic amines is 1. The van der Waals surface area contributed by atoms with Gasteiger partial charge in [-0.15, -0.1) is 0 Å². The molecule has 0 bridgehead atoms. The third-order valence-electron chi connectivity index (χ3n) is 4.86. The number of hydrogen-bond acceptors (Lipinski definition) is 4. The Labute approximate surface area is 139 Å². The molecule has 2 aliphatic heterocycles. The van der Waals surface area contributed by atoms with Crippen LogP contribution in [0.3, 0.4) is 0 Å². The predicted octanol–water partition coefficient (Wildman–Crippen LogP) is 0.873. The van der Waals surface area contributed by atoms with Crippen LogP contribution in [0.25, 0.3) is 11.5 Å². The molecule has 2 aliphatic rings. The molecule has 24 heavy (non-hydrogen) atoms. The fraction of sp³-hybridized carbons (Fsp3) is 0.412. The number of hydrogen-bond donors (Lipinski definition) is 1. The van der Waals surface area contributed by atoms with Gasteiger partial charge in [0, 0.05) is 39.3 Å². The number of rotatable bonds is 3. The molecule has 0 aromatic carbocycles. The summed E-state index contributed by atoms with van der Waals surface area (Å²) in [5, 5.41) is 0. The van der Waals surface area contributed by atoms with Crippen LogP contribution in [-0.4, -0.2) is 77.3 Å². The Balaban J connectivity index is 1.35. The second-order valence-corrected chi connectivity index (χ2v) is 6.41. The highest BCUT2D eigenvalue weighted by atomic mass is 16.3. The van der Waals surface area contributed by atoms with Gasteiger partial charge in [-0.3, -0.25) is 14.5 Å². The number of nitrogens with zero attached hydrogens (tertiary/aromatic N) is 3. The number of furan rings is 1. The summed E-state index contributed by atoms with van der Waals surface area (Å²) in [6.45, 7) is 3.43. The Bertz CT molecular complexity index is 746. The molecule has 4 rings (SSSR count). The van der Waals surface area contributed by atoms with Crippen molar-refractivity contribution >= 4 is 11.8 Å². The van der Waals surface area contributed by atoms with Crippen LogP contribution >= 0.6 is 0 Å². The summed E-state index contributed by atoms with van der Waals surface area (Å²) in [4.78, 5) is 33.2. The summed E-state index contributed by atoms with van der Waals surface area (Å²) in [5.74, 6) is 0.856. The topological polar surface area (TPSA) is 72.8 Å². The first-order valence-corrected chi connectivity index (χ1v) is 8.12. The number of carbonyl (C=O) groups is 2. The van der Waals surface area contributed by atoms with Crippen LogP contribution in [0.1, 0.15) is 10.5 Å². The molecule has 0 saturated carbocycles. The summed E-state index contributed by atoms with van der Waals surface area (Å²) in [6, 6.07) is 7.58. The number of likely N-dealkylation sites (N-methyl/N-ethyl adjacent to an activating group) is 1. The molecule has 1 N–H and O–H groups in total. The van der Waals surface area contributed by atoms with Crippen molar-refractivity contribution in [2.75, 3.05) is 39.8 Å². The Morgan fingerprint density at radius 1 is 1.25 bits per heavy atom. The first-order valence-electron chi connectivity index (χ1n) is 8.12. The highest BCUT2D eigenvalue weighted by Crippen LogP contribution is 2.22. The van der Waals surface area contributed by atoms with Gasteiger partial charge in [0.05, 0.1) is 18.5 Å². The number of H-pyrrole nitrogens is 1. The maximum absolute atomic E-state index is 12.5. The van der Waals surface area contributed by atoms with Gasteiger partial charge in [-0.2, -0.15) is 0 Å². The van der Waals surface area contributed by atoms with Gasteiger partial charge in [-0.25, -0.2) is 0 Å². The van der Waals surface area contributed by atoms with E-state index < -0.39 is 0 Å². The Kier molecular flexibility index (Phi) is 3.65. The molecule has 2 fully saturated rings. The van der Waals surface area contributed by atoms with E-state index in [1.165, 1.54) is 0 Å². The standard InChI is InChI=1S/C17H20N4O3/c1-19-6-7-20(11-16(19)22)12-9-21(10-12)17(23)14-5-4-13(18-14)15-3-2-8-24-15/h2-5,8,12,18H,6-7,9-11H2,1H3. The van der Waals surface area contributed by atoms with Gasteiger partial charge in [0.25, 0.3) is 5.91 Å². The van der Waals surface area contributed by atoms with E-state index in [0.29, 0.717) is 31.1 Å². The largest absolute Gasteiger partial charge is 0.463 e. The SMILES string of the molecule is CN1CCN(C2CN(C(=O)c3ccc(-c4ccco4)[nH]3)C2)CC1=O. The van der Waals surface area contributed by atoms with Crippen molar-refractivity contribution in [1.82, 2.24) is 19.7 Å². The number of piperazine rings is 1. The third-order valence-corrected chi connectivity index (χ3v) is 4.86. The smallest absolute Gasteiger partial charge is 0.270 e. The van der Waals surface area contributed by atoms with Crippen LogP contribution in [0.5, 0.6) is 0 Å². The van der Waals surface area contributed by atoms with E-state index in [9.17, 15) is 9.59 Å². The molecule has 0 radical (unpaired) electrons. The van der Waals surface area contributed by atoms with Gasteiger partial charge < -0.3 is 19.2 Å². The molecule has 4 heterocycles. The number of nitrogens with one attached hydrogen (secondary N) is 1. The van der Waals surface area contributed by atoms with Crippen LogP contribution in [-0.2, 0) is 4.79 Å². The fourth-order valence-electron chi connectivity index (χ4n) is 3.21. The Morgan fingerprint density at radius 3 is 2.79 bits per heavy atom. The van der Waals surface area contributed by atoms with E-state index >= 15 is 0 Å². The van der Waals surface area contributed by atoms with E-state index in [2.05, 4.69) is 9.88 Å². The molecule has 126 valence electrons. The van der Waals surface area contributed by atoms with Crippen LogP contribution in [0.2, 0.25) is 0 Å². The molecule has 7 heteroatoms. The minimum atomic E-state index is -0.00971. The zero-order valence-electron chi connectivity index (χ0n) is 13.6. The lowest BCUT2D eigenvalue weighted by atomic mass is 10.1. The first-order chi connectivity index (χ1) is 11.6. The summed E-state index contributed by atoms with van der Waals surface area (Å²) in [7, 11) is 1.83. The molecule has 0 atom stereocenters. The van der Waals surface area contributed by atoms with Crippen molar-refractivity contribution in [3.8, 4) is 11.5 Å². The van der Waals surface area contributed by atoms with E-state index in [-0.39, 0.29) is 17.9 Å². The van der Waals surface area contributed by atoms with E-state index in [1.807, 2.05) is 30.1 Å². The van der Waals surface area contributed by atoms with Crippen molar-refractivity contribution in [1.29, 1.82) is 0 Å². The van der Waals surface area contributed by atoms with Gasteiger partial charge in [0.15, 0.2) is 0 Å². The molecule has 2 saturated heterocycles. The molecule has 0 aliphatic carbocycles. The summed E-state index contributed by atoms with van der Waals surface area (Å²) >= 11 is 0. The Hall–Kier alpha value is -2.54. The normalized spacial score (nSPS) is 19.6. The first kappa shape index (κ1) is 15.0. The molecular weight excluding hydrogens is 308 g/mol. The lowest BCUT2D eigenvalue weighted by Gasteiger charge is -2.47. The summed E-state index contributed by atoms with van der Waals surface area (Å²) in [5.41, 5.74) is 1.36. The molecule has 0 spiro atoms. The molecule has 7 nitrogen and oxygen atoms in total. The zero-order valence-corrected chi connectivity index (χ0v) is 13.6. The lowest BCUT2D eigenvalue weighted by molar-refractivity contribution is -0.136. The number of likely N-dealkylation sites (tertiary alicyclic amines) is 1. The van der Waals surface area contributed by atoms with Crippen molar-refractivity contribution in [3.05, 3.63) is 36.2 Å². The van der Waals surface area contributed by atoms with Gasteiger partial charge in [-0.1, -0.05) is 0 Å². The maximum Gasteiger partial charge on any atom is 0.270 e. The average Bonchev–Trinajstić information content (AvgIpc) is 3.19. The molecular formula is C17H20N4O3. The average molecular weight is 328 g/mol.